The summed E-state index contributed by atoms with van der Waals surface area (Å²) < 4.78 is 5.48. The lowest BCUT2D eigenvalue weighted by molar-refractivity contribution is 0.0279. The van der Waals surface area contributed by atoms with Gasteiger partial charge in [0.1, 0.15) is 0 Å². The summed E-state index contributed by atoms with van der Waals surface area (Å²) in [5.41, 5.74) is 0.280. The third-order valence-corrected chi connectivity index (χ3v) is 3.97. The van der Waals surface area contributed by atoms with Gasteiger partial charge in [0.15, 0.2) is 0 Å². The van der Waals surface area contributed by atoms with Crippen molar-refractivity contribution in [1.29, 1.82) is 0 Å². The molecule has 0 aromatic carbocycles. The van der Waals surface area contributed by atoms with E-state index < -0.39 is 0 Å². The van der Waals surface area contributed by atoms with Crippen molar-refractivity contribution in [2.75, 3.05) is 32.8 Å². The maximum atomic E-state index is 5.48. The quantitative estimate of drug-likeness (QED) is 0.719. The molecule has 16 heavy (non-hydrogen) atoms. The van der Waals surface area contributed by atoms with E-state index in [0.717, 1.165) is 38.3 Å². The van der Waals surface area contributed by atoms with E-state index in [1.807, 2.05) is 0 Å². The maximum absolute atomic E-state index is 5.48. The fourth-order valence-corrected chi connectivity index (χ4v) is 2.57. The van der Waals surface area contributed by atoms with Crippen LogP contribution in [0.5, 0.6) is 0 Å². The summed E-state index contributed by atoms with van der Waals surface area (Å²) in [6.45, 7) is 11.8. The molecule has 1 unspecified atom stereocenters. The zero-order valence-electron chi connectivity index (χ0n) is 11.0. The average Bonchev–Trinajstić information content (AvgIpc) is 3.04. The molecule has 1 atom stereocenters. The molecular weight excluding hydrogens is 200 g/mol. The molecule has 0 bridgehead atoms. The fraction of sp³-hybridized carbons (Fsp3) is 1.00. The van der Waals surface area contributed by atoms with Gasteiger partial charge in [-0.2, -0.15) is 0 Å². The number of rotatable bonds is 5. The van der Waals surface area contributed by atoms with Crippen molar-refractivity contribution in [3.05, 3.63) is 0 Å². The van der Waals surface area contributed by atoms with E-state index in [0.29, 0.717) is 0 Å². The highest BCUT2D eigenvalue weighted by Gasteiger charge is 2.39. The van der Waals surface area contributed by atoms with Gasteiger partial charge in [-0.3, -0.25) is 4.90 Å². The van der Waals surface area contributed by atoms with Crippen molar-refractivity contribution in [3.63, 3.8) is 0 Å². The van der Waals surface area contributed by atoms with E-state index in [-0.39, 0.29) is 5.54 Å². The summed E-state index contributed by atoms with van der Waals surface area (Å²) in [7, 11) is 0. The van der Waals surface area contributed by atoms with E-state index in [2.05, 4.69) is 31.0 Å². The normalized spacial score (nSPS) is 30.6. The molecule has 1 heterocycles. The first kappa shape index (κ1) is 12.3. The minimum Gasteiger partial charge on any atom is -0.380 e. The Hall–Kier alpha value is -0.120. The van der Waals surface area contributed by atoms with Crippen LogP contribution in [0, 0.1) is 5.92 Å². The van der Waals surface area contributed by atoms with Crippen LogP contribution in [-0.4, -0.2) is 49.3 Å². The molecule has 2 fully saturated rings. The number of nitrogens with one attached hydrogen (secondary N) is 1. The van der Waals surface area contributed by atoms with Gasteiger partial charge in [0, 0.05) is 37.8 Å². The Morgan fingerprint density at radius 3 is 2.75 bits per heavy atom. The molecule has 0 amide bonds. The van der Waals surface area contributed by atoms with Gasteiger partial charge in [0.2, 0.25) is 0 Å². The van der Waals surface area contributed by atoms with Gasteiger partial charge in [-0.05, 0) is 39.5 Å². The highest BCUT2D eigenvalue weighted by Crippen LogP contribution is 2.35. The number of hydrogen-bond donors (Lipinski definition) is 1. The first-order chi connectivity index (χ1) is 7.63. The highest BCUT2D eigenvalue weighted by molar-refractivity contribution is 4.98. The summed E-state index contributed by atoms with van der Waals surface area (Å²) in [4.78, 5) is 2.60. The molecule has 1 aliphatic heterocycles. The van der Waals surface area contributed by atoms with Crippen molar-refractivity contribution in [1.82, 2.24) is 10.2 Å². The molecule has 0 aromatic rings. The summed E-state index contributed by atoms with van der Waals surface area (Å²) in [5.74, 6) is 0.950. The minimum atomic E-state index is 0.280. The van der Waals surface area contributed by atoms with Crippen molar-refractivity contribution >= 4 is 0 Å². The first-order valence-electron chi connectivity index (χ1n) is 6.69. The van der Waals surface area contributed by atoms with Crippen LogP contribution in [0.1, 0.15) is 33.6 Å². The molecule has 1 saturated heterocycles. The van der Waals surface area contributed by atoms with Gasteiger partial charge in [-0.1, -0.05) is 0 Å². The van der Waals surface area contributed by atoms with E-state index in [4.69, 9.17) is 4.74 Å². The maximum Gasteiger partial charge on any atom is 0.0593 e. The van der Waals surface area contributed by atoms with Crippen LogP contribution in [0.15, 0.2) is 0 Å². The summed E-state index contributed by atoms with van der Waals surface area (Å²) >= 11 is 0. The van der Waals surface area contributed by atoms with Gasteiger partial charge < -0.3 is 10.1 Å². The van der Waals surface area contributed by atoms with Crippen molar-refractivity contribution < 1.29 is 4.74 Å². The lowest BCUT2D eigenvalue weighted by Crippen LogP contribution is -2.63. The predicted octanol–water partition coefficient (Wildman–Crippen LogP) is 1.49. The van der Waals surface area contributed by atoms with Crippen molar-refractivity contribution in [2.24, 2.45) is 5.92 Å². The molecule has 2 rings (SSSR count). The molecule has 0 spiro atoms. The van der Waals surface area contributed by atoms with Gasteiger partial charge in [0.05, 0.1) is 6.61 Å². The summed E-state index contributed by atoms with van der Waals surface area (Å²) in [6, 6.07) is 0.731. The third-order valence-electron chi connectivity index (χ3n) is 3.97. The smallest absolute Gasteiger partial charge is 0.0593 e. The molecule has 0 aromatic heterocycles. The zero-order chi connectivity index (χ0) is 11.6. The van der Waals surface area contributed by atoms with Crippen molar-refractivity contribution in [3.8, 4) is 0 Å². The monoisotopic (exact) mass is 226 g/mol. The zero-order valence-corrected chi connectivity index (χ0v) is 11.0. The van der Waals surface area contributed by atoms with Gasteiger partial charge >= 0.3 is 0 Å². The average molecular weight is 226 g/mol. The van der Waals surface area contributed by atoms with E-state index in [9.17, 15) is 0 Å². The molecule has 1 saturated carbocycles. The summed E-state index contributed by atoms with van der Waals surface area (Å²) in [6.07, 6.45) is 2.86. The summed E-state index contributed by atoms with van der Waals surface area (Å²) in [5, 5.41) is 3.71. The first-order valence-corrected chi connectivity index (χ1v) is 6.69. The minimum absolute atomic E-state index is 0.280. The Morgan fingerprint density at radius 2 is 2.12 bits per heavy atom. The SMILES string of the molecule is CCOCCN1CC(C2CC2)NCC1(C)C. The molecule has 1 N–H and O–H groups in total. The van der Waals surface area contributed by atoms with Crippen LogP contribution in [0.2, 0.25) is 0 Å². The third kappa shape index (κ3) is 2.96. The number of ether oxygens (including phenoxy) is 1. The lowest BCUT2D eigenvalue weighted by Gasteiger charge is -2.46. The van der Waals surface area contributed by atoms with E-state index >= 15 is 0 Å². The standard InChI is InChI=1S/C13H26N2O/c1-4-16-8-7-15-9-12(11-5-6-11)14-10-13(15,2)3/h11-12,14H,4-10H2,1-3H3. The van der Waals surface area contributed by atoms with Crippen LogP contribution in [0.4, 0.5) is 0 Å². The van der Waals surface area contributed by atoms with Gasteiger partial charge in [0.25, 0.3) is 0 Å². The Balaban J connectivity index is 1.84. The van der Waals surface area contributed by atoms with Crippen LogP contribution < -0.4 is 5.32 Å². The Labute approximate surface area is 99.5 Å². The van der Waals surface area contributed by atoms with Crippen LogP contribution in [-0.2, 0) is 4.74 Å². The Kier molecular flexibility index (Phi) is 3.88. The second kappa shape index (κ2) is 5.03. The van der Waals surface area contributed by atoms with Gasteiger partial charge in [-0.25, -0.2) is 0 Å². The van der Waals surface area contributed by atoms with Gasteiger partial charge in [-0.15, -0.1) is 0 Å². The number of nitrogens with zero attached hydrogens (tertiary/aromatic N) is 1. The molecule has 94 valence electrons. The lowest BCUT2D eigenvalue weighted by atomic mass is 9.96. The van der Waals surface area contributed by atoms with Crippen LogP contribution >= 0.6 is 0 Å². The second-order valence-electron chi connectivity index (χ2n) is 5.78. The number of hydrogen-bond acceptors (Lipinski definition) is 3. The van der Waals surface area contributed by atoms with Crippen LogP contribution in [0.25, 0.3) is 0 Å². The predicted molar refractivity (Wildman–Crippen MR) is 66.7 cm³/mol. The Morgan fingerprint density at radius 1 is 1.38 bits per heavy atom. The molecule has 1 aliphatic carbocycles. The van der Waals surface area contributed by atoms with E-state index in [1.54, 1.807) is 0 Å². The second-order valence-corrected chi connectivity index (χ2v) is 5.78. The molecule has 3 nitrogen and oxygen atoms in total. The van der Waals surface area contributed by atoms with Crippen LogP contribution in [0.3, 0.4) is 0 Å². The fourth-order valence-electron chi connectivity index (χ4n) is 2.57. The number of piperazine rings is 1. The molecule has 0 radical (unpaired) electrons. The molecular formula is C13H26N2O. The Bertz CT molecular complexity index is 226. The highest BCUT2D eigenvalue weighted by atomic mass is 16.5. The molecule has 3 heteroatoms. The topological polar surface area (TPSA) is 24.5 Å². The van der Waals surface area contributed by atoms with Crippen molar-refractivity contribution in [2.45, 2.75) is 45.2 Å². The largest absolute Gasteiger partial charge is 0.380 e. The molecule has 2 aliphatic rings. The van der Waals surface area contributed by atoms with E-state index in [1.165, 1.54) is 19.4 Å².